The molecule has 0 aromatic heterocycles. The molecule has 0 bridgehead atoms. The van der Waals surface area contributed by atoms with Crippen molar-refractivity contribution in [2.45, 2.75) is 104 Å². The fraction of sp³-hybridized carbons (Fsp3) is 0.556. The van der Waals surface area contributed by atoms with E-state index in [9.17, 15) is 9.59 Å². The summed E-state index contributed by atoms with van der Waals surface area (Å²) >= 11 is 0. The van der Waals surface area contributed by atoms with Crippen LogP contribution in [-0.2, 0) is 25.4 Å². The highest BCUT2D eigenvalue weighted by Crippen LogP contribution is 2.25. The molecule has 0 heterocycles. The van der Waals surface area contributed by atoms with E-state index in [2.05, 4.69) is 54.3 Å². The molecule has 1 aliphatic rings. The predicted molar refractivity (Wildman–Crippen MR) is 167 cm³/mol. The Morgan fingerprint density at radius 3 is 2.24 bits per heavy atom. The lowest BCUT2D eigenvalue weighted by Crippen LogP contribution is -2.30. The van der Waals surface area contributed by atoms with Crippen LogP contribution in [0.15, 0.2) is 54.6 Å². The molecule has 1 atom stereocenters. The first-order valence-corrected chi connectivity index (χ1v) is 15.1. The Hall–Kier alpha value is -3.44. The third-order valence-corrected chi connectivity index (χ3v) is 6.73. The number of unbranched alkanes of at least 4 members (excludes halogenated alkanes) is 2. The molecule has 0 N–H and O–H groups in total. The van der Waals surface area contributed by atoms with E-state index in [4.69, 9.17) is 27.1 Å². The van der Waals surface area contributed by atoms with Crippen LogP contribution < -0.4 is 0 Å². The van der Waals surface area contributed by atoms with E-state index in [1.807, 2.05) is 19.1 Å². The molecule has 1 aromatic rings. The Morgan fingerprint density at radius 1 is 0.976 bits per heavy atom. The molecule has 1 fully saturated rings. The molecule has 41 heavy (non-hydrogen) atoms. The molecule has 0 amide bonds. The van der Waals surface area contributed by atoms with E-state index < -0.39 is 18.4 Å². The summed E-state index contributed by atoms with van der Waals surface area (Å²) in [7, 11) is 0. The van der Waals surface area contributed by atoms with Crippen molar-refractivity contribution in [2.24, 2.45) is 17.8 Å². The average Bonchev–Trinajstić information content (AvgIpc) is 3.48. The van der Waals surface area contributed by atoms with Gasteiger partial charge in [-0.05, 0) is 63.4 Å². The van der Waals surface area contributed by atoms with Gasteiger partial charge in [-0.3, -0.25) is 4.79 Å². The zero-order valence-corrected chi connectivity index (χ0v) is 25.4. The van der Waals surface area contributed by atoms with E-state index in [0.29, 0.717) is 19.3 Å². The van der Waals surface area contributed by atoms with Crippen molar-refractivity contribution in [1.29, 1.82) is 0 Å². The minimum atomic E-state index is -0.986. The molecule has 5 nitrogen and oxygen atoms in total. The minimum Gasteiger partial charge on any atom is -0.434 e. The van der Waals surface area contributed by atoms with Gasteiger partial charge in [-0.15, -0.1) is 24.7 Å². The molecule has 1 saturated carbocycles. The maximum Gasteiger partial charge on any atom is 0.511 e. The Kier molecular flexibility index (Phi) is 20.2. The summed E-state index contributed by atoms with van der Waals surface area (Å²) < 4.78 is 15.3. The maximum absolute atomic E-state index is 11.8. The fourth-order valence-electron chi connectivity index (χ4n) is 4.36. The molecule has 0 radical (unpaired) electrons. The molecule has 1 aliphatic carbocycles. The zero-order chi connectivity index (χ0) is 30.1. The number of rotatable bonds is 16. The van der Waals surface area contributed by atoms with Crippen molar-refractivity contribution >= 4 is 12.1 Å². The molecular formula is C36H50O5. The van der Waals surface area contributed by atoms with Gasteiger partial charge in [0.2, 0.25) is 0 Å². The van der Waals surface area contributed by atoms with Gasteiger partial charge in [-0.25, -0.2) is 4.79 Å². The predicted octanol–water partition coefficient (Wildman–Crippen LogP) is 8.83. The lowest BCUT2D eigenvalue weighted by Gasteiger charge is -2.21. The molecule has 0 aliphatic heterocycles. The third-order valence-electron chi connectivity index (χ3n) is 6.73. The van der Waals surface area contributed by atoms with Crippen LogP contribution in [0, 0.1) is 42.4 Å². The number of allylic oxidation sites excluding steroid dienone is 4. The van der Waals surface area contributed by atoms with Gasteiger partial charge in [0, 0.05) is 31.1 Å². The van der Waals surface area contributed by atoms with Gasteiger partial charge in [-0.2, -0.15) is 0 Å². The first-order chi connectivity index (χ1) is 19.9. The van der Waals surface area contributed by atoms with Gasteiger partial charge in [0.1, 0.15) is 0 Å². The lowest BCUT2D eigenvalue weighted by atomic mass is 10.0. The molecule has 1 unspecified atom stereocenters. The van der Waals surface area contributed by atoms with Gasteiger partial charge < -0.3 is 14.2 Å². The van der Waals surface area contributed by atoms with Gasteiger partial charge in [0.05, 0.1) is 6.61 Å². The fourth-order valence-corrected chi connectivity index (χ4v) is 4.36. The van der Waals surface area contributed by atoms with Crippen LogP contribution in [-0.4, -0.2) is 25.0 Å². The van der Waals surface area contributed by atoms with Crippen LogP contribution in [0.1, 0.15) is 97.0 Å². The Balaban J connectivity index is 0.000000447. The van der Waals surface area contributed by atoms with Crippen LogP contribution in [0.5, 0.6) is 0 Å². The van der Waals surface area contributed by atoms with Crippen molar-refractivity contribution in [2.75, 3.05) is 6.61 Å². The van der Waals surface area contributed by atoms with Crippen LogP contribution in [0.3, 0.4) is 0 Å². The summed E-state index contributed by atoms with van der Waals surface area (Å²) in [6.45, 7) is 5.55. The van der Waals surface area contributed by atoms with Crippen molar-refractivity contribution in [1.82, 2.24) is 0 Å². The first kappa shape index (κ1) is 35.6. The van der Waals surface area contributed by atoms with E-state index in [-0.39, 0.29) is 24.9 Å². The summed E-state index contributed by atoms with van der Waals surface area (Å²) in [5.74, 6) is 5.16. The van der Waals surface area contributed by atoms with Crippen LogP contribution >= 0.6 is 0 Å². The third kappa shape index (κ3) is 18.5. The van der Waals surface area contributed by atoms with Crippen LogP contribution in [0.2, 0.25) is 0 Å². The average molecular weight is 563 g/mol. The molecule has 0 saturated heterocycles. The topological polar surface area (TPSA) is 61.8 Å². The van der Waals surface area contributed by atoms with Crippen LogP contribution in [0.4, 0.5) is 4.79 Å². The largest absolute Gasteiger partial charge is 0.511 e. The molecule has 2 rings (SSSR count). The second-order valence-electron chi connectivity index (χ2n) is 10.8. The monoisotopic (exact) mass is 562 g/mol. The Labute approximate surface area is 249 Å². The maximum atomic E-state index is 11.8. The summed E-state index contributed by atoms with van der Waals surface area (Å²) in [4.78, 5) is 23.6. The Morgan fingerprint density at radius 2 is 1.63 bits per heavy atom. The highest BCUT2D eigenvalue weighted by molar-refractivity contribution is 5.69. The minimum absolute atomic E-state index is 0.0648. The van der Waals surface area contributed by atoms with Gasteiger partial charge >= 0.3 is 12.1 Å². The molecular weight excluding hydrogens is 512 g/mol. The number of carbonyl (C=O) groups is 2. The van der Waals surface area contributed by atoms with E-state index in [1.165, 1.54) is 50.5 Å². The quantitative estimate of drug-likeness (QED) is 0.0662. The molecule has 0 spiro atoms. The number of esters is 1. The van der Waals surface area contributed by atoms with Crippen molar-refractivity contribution in [3.63, 3.8) is 0 Å². The van der Waals surface area contributed by atoms with Crippen LogP contribution in [0.25, 0.3) is 0 Å². The summed E-state index contributed by atoms with van der Waals surface area (Å²) in [5, 5.41) is 0. The second kappa shape index (κ2) is 23.3. The number of hydrogen-bond donors (Lipinski definition) is 0. The number of benzene rings is 1. The lowest BCUT2D eigenvalue weighted by molar-refractivity contribution is -0.179. The summed E-state index contributed by atoms with van der Waals surface area (Å²) in [5.41, 5.74) is 1.47. The van der Waals surface area contributed by atoms with Gasteiger partial charge in [0.25, 0.3) is 6.29 Å². The molecule has 5 heteroatoms. The second-order valence-corrected chi connectivity index (χ2v) is 10.8. The number of ether oxygens (including phenoxy) is 3. The SMILES string of the molecule is C#CCC(CC#C)COC(=O)OC(OC(=O)CCC/C=C\C)C(C)C.C(=C\C1CCCC1)/CCCc1ccccc1. The Bertz CT molecular complexity index is 957. The molecule has 224 valence electrons. The first-order valence-electron chi connectivity index (χ1n) is 15.1. The summed E-state index contributed by atoms with van der Waals surface area (Å²) in [6.07, 6.45) is 29.4. The number of aryl methyl sites for hydroxylation is 1. The van der Waals surface area contributed by atoms with Gasteiger partial charge in [0.15, 0.2) is 0 Å². The summed E-state index contributed by atoms with van der Waals surface area (Å²) in [6, 6.07) is 10.8. The normalized spacial score (nSPS) is 13.9. The van der Waals surface area contributed by atoms with E-state index in [1.54, 1.807) is 13.8 Å². The van der Waals surface area contributed by atoms with E-state index >= 15 is 0 Å². The number of hydrogen-bond acceptors (Lipinski definition) is 5. The van der Waals surface area contributed by atoms with Crippen molar-refractivity contribution in [3.8, 4) is 24.7 Å². The van der Waals surface area contributed by atoms with Gasteiger partial charge in [-0.1, -0.05) is 81.3 Å². The van der Waals surface area contributed by atoms with Crippen molar-refractivity contribution in [3.05, 3.63) is 60.2 Å². The van der Waals surface area contributed by atoms with E-state index in [0.717, 1.165) is 12.3 Å². The smallest absolute Gasteiger partial charge is 0.434 e. The highest BCUT2D eigenvalue weighted by atomic mass is 16.8. The number of carbonyl (C=O) groups excluding carboxylic acids is 2. The standard InChI is InChI=1S/C20H28O5.C16H22/c1-6-9-10-11-14-18(21)24-19(16(4)5)25-20(22)23-15-17(12-7-2)13-8-3;1-3-9-15(10-4-1)11-5-2-6-12-16-13-7-8-14-16/h2-3,6,9,16-17,19H,10-15H2,1,4-5H3;1,3-4,6,9-10,12,16H,2,5,7-8,11,13-14H2/b9-6-;12-6+. The number of terminal acetylenes is 2. The molecule has 1 aromatic carbocycles. The highest BCUT2D eigenvalue weighted by Gasteiger charge is 2.24. The zero-order valence-electron chi connectivity index (χ0n) is 25.4. The van der Waals surface area contributed by atoms with Crippen molar-refractivity contribution < 1.29 is 23.8 Å².